The van der Waals surface area contributed by atoms with Crippen LogP contribution in [0.3, 0.4) is 0 Å². The number of amides is 3. The molecule has 1 fully saturated rings. The Morgan fingerprint density at radius 2 is 1.95 bits per heavy atom. The molecule has 0 unspecified atom stereocenters. The Labute approximate surface area is 125 Å². The van der Waals surface area contributed by atoms with Crippen LogP contribution in [0.5, 0.6) is 0 Å². The monoisotopic (exact) mass is 289 g/mol. The first-order valence-corrected chi connectivity index (χ1v) is 7.56. The van der Waals surface area contributed by atoms with Crippen molar-refractivity contribution in [3.05, 3.63) is 35.9 Å². The molecule has 2 rings (SSSR count). The van der Waals surface area contributed by atoms with Gasteiger partial charge in [-0.1, -0.05) is 36.8 Å². The Bertz CT molecular complexity index is 472. The molecule has 0 aliphatic heterocycles. The van der Waals surface area contributed by atoms with Crippen LogP contribution in [-0.2, 0) is 4.79 Å². The third-order valence-corrected chi connectivity index (χ3v) is 3.85. The fourth-order valence-corrected chi connectivity index (χ4v) is 2.57. The molecule has 1 aliphatic carbocycles. The smallest absolute Gasteiger partial charge is 0.321 e. The molecular weight excluding hydrogens is 266 g/mol. The Balaban J connectivity index is 1.88. The minimum atomic E-state index is -0.441. The summed E-state index contributed by atoms with van der Waals surface area (Å²) in [5.41, 5.74) is 1.20. The van der Waals surface area contributed by atoms with Crippen molar-refractivity contribution in [3.8, 4) is 0 Å². The van der Waals surface area contributed by atoms with E-state index in [-0.39, 0.29) is 18.5 Å². The minimum Gasteiger partial charge on any atom is -0.338 e. The lowest BCUT2D eigenvalue weighted by molar-refractivity contribution is -0.119. The Morgan fingerprint density at radius 1 is 1.24 bits per heavy atom. The lowest BCUT2D eigenvalue weighted by Crippen LogP contribution is -2.45. The fourth-order valence-electron chi connectivity index (χ4n) is 2.57. The van der Waals surface area contributed by atoms with Gasteiger partial charge >= 0.3 is 6.03 Å². The summed E-state index contributed by atoms with van der Waals surface area (Å²) in [6.45, 7) is 2.46. The van der Waals surface area contributed by atoms with Gasteiger partial charge in [-0.25, -0.2) is 4.79 Å². The first kappa shape index (κ1) is 15.5. The molecule has 1 aromatic rings. The van der Waals surface area contributed by atoms with E-state index < -0.39 is 6.03 Å². The Kier molecular flexibility index (Phi) is 5.75. The van der Waals surface area contributed by atoms with Crippen LogP contribution in [0.1, 0.15) is 37.8 Å². The number of carbonyl (C=O) groups excluding carboxylic acids is 2. The van der Waals surface area contributed by atoms with Gasteiger partial charge in [0.15, 0.2) is 0 Å². The lowest BCUT2D eigenvalue weighted by atomic mass is 9.77. The second kappa shape index (κ2) is 7.78. The molecule has 3 amide bonds. The minimum absolute atomic E-state index is 0.146. The van der Waals surface area contributed by atoms with Crippen LogP contribution in [0.4, 0.5) is 4.79 Å². The average molecular weight is 289 g/mol. The molecule has 1 aliphatic rings. The first-order valence-electron chi connectivity index (χ1n) is 7.56. The highest BCUT2D eigenvalue weighted by Gasteiger charge is 2.28. The molecule has 5 heteroatoms. The number of hydrogen-bond acceptors (Lipinski definition) is 3. The van der Waals surface area contributed by atoms with E-state index in [0.717, 1.165) is 0 Å². The number of urea groups is 1. The topological polar surface area (TPSA) is 70.2 Å². The van der Waals surface area contributed by atoms with Gasteiger partial charge in [-0.2, -0.15) is 0 Å². The normalized spacial score (nSPS) is 15.9. The zero-order valence-corrected chi connectivity index (χ0v) is 12.4. The van der Waals surface area contributed by atoms with Gasteiger partial charge in [-0.3, -0.25) is 10.1 Å². The van der Waals surface area contributed by atoms with E-state index in [1.54, 1.807) is 0 Å². The van der Waals surface area contributed by atoms with E-state index in [0.29, 0.717) is 12.5 Å². The van der Waals surface area contributed by atoms with Crippen LogP contribution in [0, 0.1) is 5.92 Å². The highest BCUT2D eigenvalue weighted by Crippen LogP contribution is 2.37. The maximum absolute atomic E-state index is 11.8. The molecule has 5 nitrogen and oxygen atoms in total. The largest absolute Gasteiger partial charge is 0.338 e. The second-order valence-electron chi connectivity index (χ2n) is 5.37. The van der Waals surface area contributed by atoms with Gasteiger partial charge in [0.05, 0.1) is 6.54 Å². The van der Waals surface area contributed by atoms with Crippen LogP contribution in [0.15, 0.2) is 30.3 Å². The number of nitrogens with one attached hydrogen (secondary N) is 3. The van der Waals surface area contributed by atoms with Crippen LogP contribution in [-0.4, -0.2) is 25.0 Å². The summed E-state index contributed by atoms with van der Waals surface area (Å²) in [6.07, 6.45) is 3.62. The molecule has 0 heterocycles. The van der Waals surface area contributed by atoms with Crippen LogP contribution < -0.4 is 16.0 Å². The van der Waals surface area contributed by atoms with Gasteiger partial charge in [-0.15, -0.1) is 0 Å². The summed E-state index contributed by atoms with van der Waals surface area (Å²) in [5.74, 6) is 0.269. The van der Waals surface area contributed by atoms with Crippen LogP contribution >= 0.6 is 0 Å². The quantitative estimate of drug-likeness (QED) is 0.750. The Morgan fingerprint density at radius 3 is 2.52 bits per heavy atom. The summed E-state index contributed by atoms with van der Waals surface area (Å²) in [6, 6.07) is 9.91. The molecule has 3 N–H and O–H groups in total. The molecule has 0 saturated heterocycles. The van der Waals surface area contributed by atoms with Gasteiger partial charge < -0.3 is 10.6 Å². The lowest BCUT2D eigenvalue weighted by Gasteiger charge is -2.34. The van der Waals surface area contributed by atoms with E-state index in [9.17, 15) is 9.59 Å². The van der Waals surface area contributed by atoms with E-state index >= 15 is 0 Å². The van der Waals surface area contributed by atoms with Crippen molar-refractivity contribution in [1.29, 1.82) is 0 Å². The van der Waals surface area contributed by atoms with Gasteiger partial charge in [-0.05, 0) is 31.2 Å². The van der Waals surface area contributed by atoms with E-state index in [1.165, 1.54) is 24.8 Å². The maximum Gasteiger partial charge on any atom is 0.321 e. The summed E-state index contributed by atoms with van der Waals surface area (Å²) < 4.78 is 0. The van der Waals surface area contributed by atoms with Crippen molar-refractivity contribution >= 4 is 11.9 Å². The predicted molar refractivity (Wildman–Crippen MR) is 81.7 cm³/mol. The summed E-state index contributed by atoms with van der Waals surface area (Å²) in [4.78, 5) is 23.1. The highest BCUT2D eigenvalue weighted by molar-refractivity contribution is 5.95. The number of benzene rings is 1. The second-order valence-corrected chi connectivity index (χ2v) is 5.37. The fraction of sp³-hybridized carbons (Fsp3) is 0.500. The van der Waals surface area contributed by atoms with Crippen molar-refractivity contribution in [2.45, 2.75) is 32.2 Å². The third-order valence-electron chi connectivity index (χ3n) is 3.85. The van der Waals surface area contributed by atoms with Gasteiger partial charge in [0.2, 0.25) is 5.91 Å². The van der Waals surface area contributed by atoms with Crippen LogP contribution in [0.25, 0.3) is 0 Å². The van der Waals surface area contributed by atoms with Gasteiger partial charge in [0.1, 0.15) is 0 Å². The van der Waals surface area contributed by atoms with E-state index in [4.69, 9.17) is 0 Å². The maximum atomic E-state index is 11.8. The van der Waals surface area contributed by atoms with E-state index in [2.05, 4.69) is 28.1 Å². The molecule has 1 aromatic carbocycles. The number of hydrogen-bond donors (Lipinski definition) is 3. The molecular formula is C16H23N3O2. The van der Waals surface area contributed by atoms with Gasteiger partial charge in [0, 0.05) is 12.6 Å². The Hall–Kier alpha value is -1.88. The molecule has 0 bridgehead atoms. The highest BCUT2D eigenvalue weighted by atomic mass is 16.2. The predicted octanol–water partition coefficient (Wildman–Crippen LogP) is 1.96. The summed E-state index contributed by atoms with van der Waals surface area (Å²) >= 11 is 0. The first-order chi connectivity index (χ1) is 10.2. The zero-order chi connectivity index (χ0) is 15.1. The van der Waals surface area contributed by atoms with Crippen molar-refractivity contribution < 1.29 is 9.59 Å². The van der Waals surface area contributed by atoms with Crippen LogP contribution in [0.2, 0.25) is 0 Å². The van der Waals surface area contributed by atoms with Crippen molar-refractivity contribution in [2.75, 3.05) is 13.1 Å². The molecule has 1 saturated carbocycles. The standard InChI is InChI=1S/C16H23N3O2/c1-2-17-16(21)19-14(20)11-18-15(13-9-6-10-13)12-7-4-3-5-8-12/h3-5,7-8,13,15,18H,2,6,9-11H2,1H3,(H2,17,19,20,21)/t15-/m0/s1. The summed E-state index contributed by atoms with van der Waals surface area (Å²) in [5, 5.41) is 8.15. The SMILES string of the molecule is CCNC(=O)NC(=O)CN[C@@H](c1ccccc1)C1CCC1. The number of carbonyl (C=O) groups is 2. The average Bonchev–Trinajstić information content (AvgIpc) is 2.42. The van der Waals surface area contributed by atoms with Crippen molar-refractivity contribution in [3.63, 3.8) is 0 Å². The molecule has 1 atom stereocenters. The molecule has 21 heavy (non-hydrogen) atoms. The van der Waals surface area contributed by atoms with Gasteiger partial charge in [0.25, 0.3) is 0 Å². The molecule has 0 radical (unpaired) electrons. The molecule has 0 spiro atoms. The molecule has 114 valence electrons. The van der Waals surface area contributed by atoms with E-state index in [1.807, 2.05) is 25.1 Å². The number of rotatable bonds is 6. The van der Waals surface area contributed by atoms with Crippen molar-refractivity contribution in [2.24, 2.45) is 5.92 Å². The zero-order valence-electron chi connectivity index (χ0n) is 12.4. The third kappa shape index (κ3) is 4.56. The number of imide groups is 1. The summed E-state index contributed by atoms with van der Waals surface area (Å²) in [7, 11) is 0. The molecule has 0 aromatic heterocycles. The van der Waals surface area contributed by atoms with Crippen molar-refractivity contribution in [1.82, 2.24) is 16.0 Å².